The van der Waals surface area contributed by atoms with E-state index in [0.29, 0.717) is 22.8 Å². The highest BCUT2D eigenvalue weighted by Gasteiger charge is 2.19. The molecule has 0 saturated carbocycles. The summed E-state index contributed by atoms with van der Waals surface area (Å²) >= 11 is 0. The number of anilines is 1. The predicted molar refractivity (Wildman–Crippen MR) is 107 cm³/mol. The van der Waals surface area contributed by atoms with Crippen LogP contribution in [0, 0.1) is 11.3 Å². The van der Waals surface area contributed by atoms with E-state index in [-0.39, 0.29) is 0 Å². The van der Waals surface area contributed by atoms with E-state index < -0.39 is 0 Å². The SMILES string of the molecule is CC1=CC(=CC2=C/C(=C(/C)C#N)c3ccccc3O2)Oc2cc(N)ccc21. The van der Waals surface area contributed by atoms with Gasteiger partial charge < -0.3 is 15.2 Å². The summed E-state index contributed by atoms with van der Waals surface area (Å²) in [5, 5.41) is 9.35. The summed E-state index contributed by atoms with van der Waals surface area (Å²) in [6, 6.07) is 15.5. The maximum Gasteiger partial charge on any atom is 0.136 e. The predicted octanol–water partition coefficient (Wildman–Crippen LogP) is 5.22. The molecule has 4 heteroatoms. The molecule has 2 aromatic carbocycles. The second kappa shape index (κ2) is 6.54. The number of nitrogens with two attached hydrogens (primary N) is 1. The Labute approximate surface area is 158 Å². The second-order valence-corrected chi connectivity index (χ2v) is 6.53. The fourth-order valence-electron chi connectivity index (χ4n) is 3.20. The van der Waals surface area contributed by atoms with Gasteiger partial charge in [-0.1, -0.05) is 18.2 Å². The number of benzene rings is 2. The van der Waals surface area contributed by atoms with E-state index in [9.17, 15) is 5.26 Å². The fourth-order valence-corrected chi connectivity index (χ4v) is 3.20. The molecule has 0 amide bonds. The normalized spacial score (nSPS) is 18.2. The van der Waals surface area contributed by atoms with Gasteiger partial charge in [0.2, 0.25) is 0 Å². The van der Waals surface area contributed by atoms with E-state index >= 15 is 0 Å². The van der Waals surface area contributed by atoms with Crippen molar-refractivity contribution in [2.75, 3.05) is 5.73 Å². The van der Waals surface area contributed by atoms with Crippen LogP contribution in [0.1, 0.15) is 25.0 Å². The molecule has 27 heavy (non-hydrogen) atoms. The Morgan fingerprint density at radius 1 is 1.04 bits per heavy atom. The minimum atomic E-state index is 0.615. The lowest BCUT2D eigenvalue weighted by Gasteiger charge is -2.21. The maximum atomic E-state index is 9.35. The number of hydrogen-bond acceptors (Lipinski definition) is 4. The molecule has 0 atom stereocenters. The van der Waals surface area contributed by atoms with Crippen molar-refractivity contribution >= 4 is 16.8 Å². The number of rotatable bonds is 1. The first-order valence-corrected chi connectivity index (χ1v) is 8.63. The summed E-state index contributed by atoms with van der Waals surface area (Å²) in [5.74, 6) is 2.72. The van der Waals surface area contributed by atoms with Crippen LogP contribution in [0.2, 0.25) is 0 Å². The van der Waals surface area contributed by atoms with Crippen LogP contribution < -0.4 is 15.2 Å². The van der Waals surface area contributed by atoms with Crippen LogP contribution in [0.5, 0.6) is 11.5 Å². The zero-order chi connectivity index (χ0) is 19.0. The average molecular weight is 354 g/mol. The molecule has 0 bridgehead atoms. The average Bonchev–Trinajstić information content (AvgIpc) is 2.66. The second-order valence-electron chi connectivity index (χ2n) is 6.53. The van der Waals surface area contributed by atoms with Gasteiger partial charge in [0, 0.05) is 40.1 Å². The zero-order valence-electron chi connectivity index (χ0n) is 15.1. The van der Waals surface area contributed by atoms with E-state index in [2.05, 4.69) is 6.07 Å². The lowest BCUT2D eigenvalue weighted by atomic mass is 9.97. The Morgan fingerprint density at radius 2 is 1.85 bits per heavy atom. The number of hydrogen-bond donors (Lipinski definition) is 1. The Morgan fingerprint density at radius 3 is 2.67 bits per heavy atom. The number of fused-ring (bicyclic) bond motifs is 2. The number of nitrogen functional groups attached to an aromatic ring is 1. The summed E-state index contributed by atoms with van der Waals surface area (Å²) < 4.78 is 12.0. The van der Waals surface area contributed by atoms with Crippen molar-refractivity contribution < 1.29 is 9.47 Å². The van der Waals surface area contributed by atoms with Gasteiger partial charge in [-0.3, -0.25) is 0 Å². The molecule has 0 radical (unpaired) electrons. The number of para-hydroxylation sites is 1. The Hall–Kier alpha value is -3.71. The molecule has 0 aliphatic carbocycles. The zero-order valence-corrected chi connectivity index (χ0v) is 15.1. The van der Waals surface area contributed by atoms with Crippen LogP contribution in [0.25, 0.3) is 11.1 Å². The van der Waals surface area contributed by atoms with Crippen molar-refractivity contribution in [2.24, 2.45) is 0 Å². The molecular formula is C23H18N2O2. The standard InChI is InChI=1S/C23H18N2O2/c1-14-9-17(27-23-10-16(25)7-8-19(14)23)11-18-12-21(15(2)13-24)20-5-3-4-6-22(20)26-18/h3-12H,25H2,1-2H3/b17-11?,21-15+. The van der Waals surface area contributed by atoms with Crippen LogP contribution in [0.4, 0.5) is 5.69 Å². The van der Waals surface area contributed by atoms with Gasteiger partial charge in [-0.25, -0.2) is 0 Å². The molecule has 2 N–H and O–H groups in total. The van der Waals surface area contributed by atoms with Gasteiger partial charge in [-0.2, -0.15) is 5.26 Å². The fraction of sp³-hybridized carbons (Fsp3) is 0.0870. The summed E-state index contributed by atoms with van der Waals surface area (Å²) in [6.07, 6.45) is 5.66. The largest absolute Gasteiger partial charge is 0.457 e. The monoisotopic (exact) mass is 354 g/mol. The number of allylic oxidation sites excluding steroid dienone is 6. The minimum Gasteiger partial charge on any atom is -0.457 e. The van der Waals surface area contributed by atoms with E-state index in [1.165, 1.54) is 0 Å². The third kappa shape index (κ3) is 3.11. The van der Waals surface area contributed by atoms with Crippen LogP contribution in [-0.2, 0) is 0 Å². The maximum absolute atomic E-state index is 9.35. The van der Waals surface area contributed by atoms with Gasteiger partial charge >= 0.3 is 0 Å². The van der Waals surface area contributed by atoms with Crippen molar-refractivity contribution in [1.29, 1.82) is 5.26 Å². The van der Waals surface area contributed by atoms with E-state index in [0.717, 1.165) is 33.8 Å². The van der Waals surface area contributed by atoms with E-state index in [1.807, 2.05) is 67.6 Å². The van der Waals surface area contributed by atoms with Gasteiger partial charge in [0.1, 0.15) is 23.0 Å². The summed E-state index contributed by atoms with van der Waals surface area (Å²) in [6.45, 7) is 3.83. The van der Waals surface area contributed by atoms with E-state index in [1.54, 1.807) is 6.92 Å². The molecule has 0 aromatic heterocycles. The summed E-state index contributed by atoms with van der Waals surface area (Å²) in [4.78, 5) is 0. The minimum absolute atomic E-state index is 0.615. The lowest BCUT2D eigenvalue weighted by molar-refractivity contribution is 0.413. The lowest BCUT2D eigenvalue weighted by Crippen LogP contribution is -2.07. The van der Waals surface area contributed by atoms with Crippen LogP contribution in [-0.4, -0.2) is 0 Å². The van der Waals surface area contributed by atoms with Crippen molar-refractivity contribution in [3.05, 3.63) is 88.9 Å². The Bertz CT molecular complexity index is 1110. The van der Waals surface area contributed by atoms with Gasteiger partial charge in [0.25, 0.3) is 0 Å². The Kier molecular flexibility index (Phi) is 4.06. The highest BCUT2D eigenvalue weighted by molar-refractivity contribution is 5.84. The molecule has 2 heterocycles. The number of nitrogens with zero attached hydrogens (tertiary/aromatic N) is 1. The number of ether oxygens (including phenoxy) is 2. The molecule has 132 valence electrons. The van der Waals surface area contributed by atoms with Crippen molar-refractivity contribution in [2.45, 2.75) is 13.8 Å². The number of nitriles is 1. The summed E-state index contributed by atoms with van der Waals surface area (Å²) in [5.41, 5.74) is 11.0. The molecular weight excluding hydrogens is 336 g/mol. The smallest absolute Gasteiger partial charge is 0.136 e. The quantitative estimate of drug-likeness (QED) is 0.563. The van der Waals surface area contributed by atoms with Gasteiger partial charge in [-0.05, 0) is 49.8 Å². The molecule has 4 nitrogen and oxygen atoms in total. The van der Waals surface area contributed by atoms with Crippen LogP contribution in [0.3, 0.4) is 0 Å². The molecule has 0 fully saturated rings. The summed E-state index contributed by atoms with van der Waals surface area (Å²) in [7, 11) is 0. The van der Waals surface area contributed by atoms with Crippen molar-refractivity contribution in [1.82, 2.24) is 0 Å². The first-order valence-electron chi connectivity index (χ1n) is 8.63. The highest BCUT2D eigenvalue weighted by atomic mass is 16.5. The first-order chi connectivity index (χ1) is 13.0. The Balaban J connectivity index is 1.76. The van der Waals surface area contributed by atoms with Gasteiger partial charge in [-0.15, -0.1) is 0 Å². The van der Waals surface area contributed by atoms with Crippen molar-refractivity contribution in [3.8, 4) is 17.6 Å². The van der Waals surface area contributed by atoms with Crippen LogP contribution >= 0.6 is 0 Å². The molecule has 2 aromatic rings. The van der Waals surface area contributed by atoms with Gasteiger partial charge in [0.15, 0.2) is 0 Å². The molecule has 2 aliphatic heterocycles. The van der Waals surface area contributed by atoms with Crippen LogP contribution in [0.15, 0.2) is 77.8 Å². The molecule has 0 saturated heterocycles. The van der Waals surface area contributed by atoms with Crippen molar-refractivity contribution in [3.63, 3.8) is 0 Å². The van der Waals surface area contributed by atoms with E-state index in [4.69, 9.17) is 15.2 Å². The first kappa shape index (κ1) is 16.7. The molecule has 2 aliphatic rings. The third-order valence-electron chi connectivity index (χ3n) is 4.56. The highest BCUT2D eigenvalue weighted by Crippen LogP contribution is 2.38. The molecule has 0 unspecified atom stereocenters. The topological polar surface area (TPSA) is 68.3 Å². The molecule has 0 spiro atoms. The van der Waals surface area contributed by atoms with Gasteiger partial charge in [0.05, 0.1) is 6.07 Å². The third-order valence-corrected chi connectivity index (χ3v) is 4.56. The molecule has 4 rings (SSSR count).